The van der Waals surface area contributed by atoms with E-state index in [2.05, 4.69) is 17.6 Å². The van der Waals surface area contributed by atoms with Crippen LogP contribution in [0.4, 0.5) is 0 Å². The molecule has 296 valence electrons. The Morgan fingerprint density at radius 1 is 0.769 bits per heavy atom. The van der Waals surface area contributed by atoms with Crippen LogP contribution in [0.1, 0.15) is 151 Å². The number of hydrogen-bond donors (Lipinski definition) is 3. The number of esters is 3. The summed E-state index contributed by atoms with van der Waals surface area (Å²) in [6.45, 7) is 15.0. The topological polar surface area (TPSA) is 163 Å². The van der Waals surface area contributed by atoms with Gasteiger partial charge in [0, 0.05) is 0 Å². The third-order valence-electron chi connectivity index (χ3n) is 8.80. The third kappa shape index (κ3) is 21.2. The van der Waals surface area contributed by atoms with Gasteiger partial charge in [0.2, 0.25) is 11.8 Å². The van der Waals surface area contributed by atoms with Crippen LogP contribution in [-0.2, 0) is 44.8 Å². The summed E-state index contributed by atoms with van der Waals surface area (Å²) in [4.78, 5) is 65.7. The number of nitrogens with two attached hydrogens (primary N) is 1. The van der Waals surface area contributed by atoms with Gasteiger partial charge >= 0.3 is 17.9 Å². The fourth-order valence-corrected chi connectivity index (χ4v) is 5.67. The molecule has 0 aliphatic rings. The number of nitrogens with one attached hydrogen (secondary N) is 2. The summed E-state index contributed by atoms with van der Waals surface area (Å²) < 4.78 is 16.8. The molecule has 1 aromatic carbocycles. The highest BCUT2D eigenvalue weighted by molar-refractivity contribution is 5.93. The number of carbonyl (C=O) groups is 5. The zero-order valence-electron chi connectivity index (χ0n) is 33.3. The normalized spacial score (nSPS) is 14.4. The zero-order valence-corrected chi connectivity index (χ0v) is 33.3. The van der Waals surface area contributed by atoms with Gasteiger partial charge in [0.1, 0.15) is 30.4 Å². The molecule has 1 rings (SSSR count). The average molecular weight is 732 g/mol. The van der Waals surface area contributed by atoms with E-state index in [0.717, 1.165) is 31.2 Å². The van der Waals surface area contributed by atoms with E-state index in [1.165, 1.54) is 32.1 Å². The predicted octanol–water partition coefficient (Wildman–Crippen LogP) is 7.07. The van der Waals surface area contributed by atoms with Gasteiger partial charge in [0.05, 0.1) is 18.9 Å². The van der Waals surface area contributed by atoms with Crippen molar-refractivity contribution in [1.29, 1.82) is 0 Å². The maximum atomic E-state index is 13.8. The Morgan fingerprint density at radius 3 is 1.92 bits per heavy atom. The number of carbonyl (C=O) groups excluding carboxylic acids is 5. The van der Waals surface area contributed by atoms with Crippen molar-refractivity contribution in [2.24, 2.45) is 17.6 Å². The summed E-state index contributed by atoms with van der Waals surface area (Å²) in [5.41, 5.74) is 6.14. The Balaban J connectivity index is 3.00. The van der Waals surface area contributed by atoms with Crippen LogP contribution >= 0.6 is 0 Å². The van der Waals surface area contributed by atoms with Crippen molar-refractivity contribution in [3.05, 3.63) is 35.9 Å². The zero-order chi connectivity index (χ0) is 39.1. The standard InChI is InChI=1S/C41H69N3O8/c1-9-11-12-13-14-15-16-17-21-24-32(26-35(45)50-28-31-22-19-18-20-23-31)51-40(49)37(30(5)10-2)44-39(48)34(25-29(3)4)43-38(47)33(42)27-36(46)52-41(6,7)8/h18-20,22-23,29-30,32-34,37H,9-17,21,24-28,42H2,1-8H3,(H,43,47)(H,44,48)/t30-,32?,33-,34-,37-/m0/s1. The molecule has 1 unspecified atom stereocenters. The second kappa shape index (κ2) is 25.5. The summed E-state index contributed by atoms with van der Waals surface area (Å²) >= 11 is 0. The lowest BCUT2D eigenvalue weighted by Gasteiger charge is -2.28. The first-order valence-corrected chi connectivity index (χ1v) is 19.5. The summed E-state index contributed by atoms with van der Waals surface area (Å²) in [5, 5.41) is 5.50. The van der Waals surface area contributed by atoms with E-state index >= 15 is 0 Å². The average Bonchev–Trinajstić information content (AvgIpc) is 3.07. The van der Waals surface area contributed by atoms with Crippen LogP contribution in [0.3, 0.4) is 0 Å². The number of amides is 2. The van der Waals surface area contributed by atoms with Crippen molar-refractivity contribution in [3.63, 3.8) is 0 Å². The quantitative estimate of drug-likeness (QED) is 0.0514. The fourth-order valence-electron chi connectivity index (χ4n) is 5.67. The van der Waals surface area contributed by atoms with E-state index in [1.54, 1.807) is 20.8 Å². The van der Waals surface area contributed by atoms with Crippen LogP contribution in [0.15, 0.2) is 30.3 Å². The highest BCUT2D eigenvalue weighted by Gasteiger charge is 2.34. The second-order valence-corrected chi connectivity index (χ2v) is 15.5. The molecule has 0 spiro atoms. The van der Waals surface area contributed by atoms with Crippen LogP contribution in [-0.4, -0.2) is 59.6 Å². The monoisotopic (exact) mass is 732 g/mol. The van der Waals surface area contributed by atoms with Gasteiger partial charge in [-0.05, 0) is 57.4 Å². The Morgan fingerprint density at radius 2 is 1.37 bits per heavy atom. The molecule has 52 heavy (non-hydrogen) atoms. The molecular formula is C41H69N3O8. The molecule has 2 amide bonds. The molecule has 0 fully saturated rings. The second-order valence-electron chi connectivity index (χ2n) is 15.5. The lowest BCUT2D eigenvalue weighted by molar-refractivity contribution is -0.160. The van der Waals surface area contributed by atoms with Gasteiger partial charge in [-0.3, -0.25) is 19.2 Å². The number of benzene rings is 1. The maximum absolute atomic E-state index is 13.8. The lowest BCUT2D eigenvalue weighted by Crippen LogP contribution is -2.56. The van der Waals surface area contributed by atoms with Crippen LogP contribution in [0.5, 0.6) is 0 Å². The molecular weight excluding hydrogens is 662 g/mol. The van der Waals surface area contributed by atoms with Crippen molar-refractivity contribution in [2.75, 3.05) is 0 Å². The van der Waals surface area contributed by atoms with Crippen LogP contribution in [0.2, 0.25) is 0 Å². The van der Waals surface area contributed by atoms with E-state index in [1.807, 2.05) is 58.0 Å². The smallest absolute Gasteiger partial charge is 0.329 e. The number of unbranched alkanes of at least 4 members (excludes halogenated alkanes) is 8. The molecule has 0 aliphatic heterocycles. The minimum atomic E-state index is -1.23. The van der Waals surface area contributed by atoms with Gasteiger partial charge in [-0.25, -0.2) is 4.79 Å². The van der Waals surface area contributed by atoms with Gasteiger partial charge in [0.15, 0.2) is 0 Å². The molecule has 5 atom stereocenters. The minimum absolute atomic E-state index is 0.00903. The van der Waals surface area contributed by atoms with Crippen LogP contribution in [0.25, 0.3) is 0 Å². The van der Waals surface area contributed by atoms with Gasteiger partial charge < -0.3 is 30.6 Å². The molecule has 0 radical (unpaired) electrons. The number of ether oxygens (including phenoxy) is 3. The maximum Gasteiger partial charge on any atom is 0.329 e. The van der Waals surface area contributed by atoms with Crippen molar-refractivity contribution in [2.45, 2.75) is 182 Å². The summed E-state index contributed by atoms with van der Waals surface area (Å²) in [6, 6.07) is 6.11. The van der Waals surface area contributed by atoms with E-state index in [-0.39, 0.29) is 37.7 Å². The van der Waals surface area contributed by atoms with Crippen molar-refractivity contribution in [3.8, 4) is 0 Å². The Kier molecular flexibility index (Phi) is 22.8. The summed E-state index contributed by atoms with van der Waals surface area (Å²) in [6.07, 6.45) is 10.3. The Hall–Kier alpha value is -3.47. The molecule has 0 saturated carbocycles. The molecule has 0 aromatic heterocycles. The van der Waals surface area contributed by atoms with Crippen LogP contribution in [0, 0.1) is 11.8 Å². The third-order valence-corrected chi connectivity index (χ3v) is 8.80. The molecule has 0 saturated heterocycles. The van der Waals surface area contributed by atoms with Crippen molar-refractivity contribution < 1.29 is 38.2 Å². The molecule has 0 bridgehead atoms. The van der Waals surface area contributed by atoms with E-state index in [4.69, 9.17) is 19.9 Å². The van der Waals surface area contributed by atoms with Gasteiger partial charge in [-0.2, -0.15) is 0 Å². The lowest BCUT2D eigenvalue weighted by atomic mass is 9.97. The molecule has 0 heterocycles. The van der Waals surface area contributed by atoms with Gasteiger partial charge in [-0.15, -0.1) is 0 Å². The molecule has 11 nitrogen and oxygen atoms in total. The van der Waals surface area contributed by atoms with Crippen molar-refractivity contribution in [1.82, 2.24) is 10.6 Å². The largest absolute Gasteiger partial charge is 0.461 e. The van der Waals surface area contributed by atoms with Gasteiger partial charge in [0.25, 0.3) is 0 Å². The molecule has 1 aromatic rings. The first-order chi connectivity index (χ1) is 24.6. The molecule has 4 N–H and O–H groups in total. The van der Waals surface area contributed by atoms with E-state index in [0.29, 0.717) is 12.8 Å². The van der Waals surface area contributed by atoms with E-state index < -0.39 is 59.6 Å². The van der Waals surface area contributed by atoms with E-state index in [9.17, 15) is 24.0 Å². The summed E-state index contributed by atoms with van der Waals surface area (Å²) in [7, 11) is 0. The highest BCUT2D eigenvalue weighted by Crippen LogP contribution is 2.19. The Bertz CT molecular complexity index is 1200. The fraction of sp³-hybridized carbons (Fsp3) is 0.732. The number of rotatable bonds is 26. The molecule has 0 aliphatic carbocycles. The van der Waals surface area contributed by atoms with Crippen LogP contribution < -0.4 is 16.4 Å². The molecule has 11 heteroatoms. The Labute approximate surface area is 313 Å². The SMILES string of the molecule is CCCCCCCCCCCC(CC(=O)OCc1ccccc1)OC(=O)[C@@H](NC(=O)[C@H](CC(C)C)NC(=O)[C@@H](N)CC(=O)OC(C)(C)C)[C@@H](C)CC. The van der Waals surface area contributed by atoms with Gasteiger partial charge in [-0.1, -0.05) is 123 Å². The predicted molar refractivity (Wildman–Crippen MR) is 204 cm³/mol. The summed E-state index contributed by atoms with van der Waals surface area (Å²) in [5.74, 6) is -3.27. The first-order valence-electron chi connectivity index (χ1n) is 19.5. The first kappa shape index (κ1) is 46.6. The van der Waals surface area contributed by atoms with Crippen molar-refractivity contribution >= 4 is 29.7 Å². The highest BCUT2D eigenvalue weighted by atomic mass is 16.6. The number of hydrogen-bond acceptors (Lipinski definition) is 9. The minimum Gasteiger partial charge on any atom is -0.461 e.